The predicted octanol–water partition coefficient (Wildman–Crippen LogP) is 4.97. The molecule has 0 saturated carbocycles. The second-order valence-corrected chi connectivity index (χ2v) is 7.91. The van der Waals surface area contributed by atoms with E-state index in [1.165, 1.54) is 0 Å². The molecule has 0 radical (unpaired) electrons. The number of rotatable bonds is 3. The average molecular weight is 446 g/mol. The first-order valence-corrected chi connectivity index (χ1v) is 10.4. The van der Waals surface area contributed by atoms with Crippen molar-refractivity contribution in [3.8, 4) is 23.0 Å². The average Bonchev–Trinajstić information content (AvgIpc) is 3.40. The van der Waals surface area contributed by atoms with Crippen molar-refractivity contribution in [3.05, 3.63) is 71.3 Å². The van der Waals surface area contributed by atoms with Crippen LogP contribution in [0.25, 0.3) is 22.6 Å². The van der Waals surface area contributed by atoms with Gasteiger partial charge in [0.1, 0.15) is 5.52 Å². The largest absolute Gasteiger partial charge is 0.454 e. The molecule has 1 amide bonds. The van der Waals surface area contributed by atoms with Crippen molar-refractivity contribution < 1.29 is 18.7 Å². The zero-order chi connectivity index (χ0) is 22.2. The highest BCUT2D eigenvalue weighted by Crippen LogP contribution is 2.32. The number of aryl methyl sites for hydroxylation is 2. The van der Waals surface area contributed by atoms with Gasteiger partial charge in [-0.05, 0) is 85.7 Å². The van der Waals surface area contributed by atoms with Gasteiger partial charge < -0.3 is 19.2 Å². The maximum Gasteiger partial charge on any atom is 0.257 e. The zero-order valence-corrected chi connectivity index (χ0v) is 18.2. The number of ether oxygens (including phenoxy) is 2. The summed E-state index contributed by atoms with van der Waals surface area (Å²) in [4.78, 5) is 17.1. The zero-order valence-electron chi connectivity index (χ0n) is 17.4. The molecule has 1 aliphatic rings. The van der Waals surface area contributed by atoms with Gasteiger partial charge in [0.15, 0.2) is 22.2 Å². The van der Waals surface area contributed by atoms with Crippen LogP contribution in [-0.4, -0.2) is 22.8 Å². The third-order valence-corrected chi connectivity index (χ3v) is 5.28. The minimum absolute atomic E-state index is 0.152. The van der Waals surface area contributed by atoms with E-state index in [0.29, 0.717) is 23.0 Å². The standard InChI is InChI=1S/C24H19N3O4S/c1-13-9-14(2)21-18(10-13)26-23(31-21)15-3-6-17(7-4-15)25-24(32)27-22(28)16-5-8-19-20(11-16)30-12-29-19/h3-11H,12H2,1-2H3,(H2,25,27,28,32). The van der Waals surface area contributed by atoms with E-state index in [-0.39, 0.29) is 17.8 Å². The maximum absolute atomic E-state index is 12.5. The van der Waals surface area contributed by atoms with Crippen LogP contribution < -0.4 is 20.1 Å². The van der Waals surface area contributed by atoms with Crippen LogP contribution in [0, 0.1) is 13.8 Å². The number of oxazole rings is 1. The molecule has 1 aromatic heterocycles. The Morgan fingerprint density at radius 3 is 2.59 bits per heavy atom. The molecule has 4 aromatic rings. The van der Waals surface area contributed by atoms with Gasteiger partial charge in [0.05, 0.1) is 0 Å². The SMILES string of the molecule is Cc1cc(C)c2oc(-c3ccc(NC(=S)NC(=O)c4ccc5c(c4)OCO5)cc3)nc2c1. The highest BCUT2D eigenvalue weighted by molar-refractivity contribution is 7.80. The lowest BCUT2D eigenvalue weighted by molar-refractivity contribution is 0.0977. The molecule has 8 heteroatoms. The number of nitrogens with zero attached hydrogens (tertiary/aromatic N) is 1. The first kappa shape index (κ1) is 20.0. The third-order valence-electron chi connectivity index (χ3n) is 5.07. The molecule has 3 aromatic carbocycles. The van der Waals surface area contributed by atoms with Crippen molar-refractivity contribution in [2.45, 2.75) is 13.8 Å². The Labute approximate surface area is 189 Å². The minimum Gasteiger partial charge on any atom is -0.454 e. The highest BCUT2D eigenvalue weighted by atomic mass is 32.1. The molecule has 0 spiro atoms. The quantitative estimate of drug-likeness (QED) is 0.431. The van der Waals surface area contributed by atoms with E-state index in [1.807, 2.05) is 44.2 Å². The number of hydrogen-bond donors (Lipinski definition) is 2. The normalized spacial score (nSPS) is 12.1. The van der Waals surface area contributed by atoms with Crippen molar-refractivity contribution in [1.82, 2.24) is 10.3 Å². The number of nitrogens with one attached hydrogen (secondary N) is 2. The molecule has 7 nitrogen and oxygen atoms in total. The summed E-state index contributed by atoms with van der Waals surface area (Å²) < 4.78 is 16.5. The number of anilines is 1. The molecule has 0 bridgehead atoms. The number of carbonyl (C=O) groups excluding carboxylic acids is 1. The monoisotopic (exact) mass is 445 g/mol. The van der Waals surface area contributed by atoms with Crippen molar-refractivity contribution >= 4 is 40.0 Å². The van der Waals surface area contributed by atoms with Crippen molar-refractivity contribution in [2.24, 2.45) is 0 Å². The molecule has 32 heavy (non-hydrogen) atoms. The smallest absolute Gasteiger partial charge is 0.257 e. The molecular weight excluding hydrogens is 426 g/mol. The van der Waals surface area contributed by atoms with Crippen LogP contribution in [0.2, 0.25) is 0 Å². The predicted molar refractivity (Wildman–Crippen MR) is 125 cm³/mol. The highest BCUT2D eigenvalue weighted by Gasteiger charge is 2.17. The summed E-state index contributed by atoms with van der Waals surface area (Å²) in [5.74, 6) is 1.37. The first-order chi connectivity index (χ1) is 15.5. The van der Waals surface area contributed by atoms with Crippen molar-refractivity contribution in [3.63, 3.8) is 0 Å². The van der Waals surface area contributed by atoms with E-state index < -0.39 is 0 Å². The summed E-state index contributed by atoms with van der Waals surface area (Å²) in [5.41, 5.74) is 5.83. The molecular formula is C24H19N3O4S. The van der Waals surface area contributed by atoms with E-state index in [1.54, 1.807) is 18.2 Å². The molecule has 0 saturated heterocycles. The molecule has 2 heterocycles. The van der Waals surface area contributed by atoms with Gasteiger partial charge >= 0.3 is 0 Å². The fourth-order valence-corrected chi connectivity index (χ4v) is 3.78. The second kappa shape index (κ2) is 7.97. The fourth-order valence-electron chi connectivity index (χ4n) is 3.57. The minimum atomic E-state index is -0.338. The van der Waals surface area contributed by atoms with Gasteiger partial charge in [0, 0.05) is 16.8 Å². The molecule has 0 atom stereocenters. The van der Waals surface area contributed by atoms with Gasteiger partial charge in [-0.25, -0.2) is 4.98 Å². The van der Waals surface area contributed by atoms with Gasteiger partial charge in [-0.1, -0.05) is 6.07 Å². The van der Waals surface area contributed by atoms with Gasteiger partial charge in [0.25, 0.3) is 5.91 Å². The van der Waals surface area contributed by atoms with E-state index >= 15 is 0 Å². The maximum atomic E-state index is 12.5. The van der Waals surface area contributed by atoms with E-state index in [2.05, 4.69) is 21.7 Å². The van der Waals surface area contributed by atoms with Gasteiger partial charge in [-0.3, -0.25) is 10.1 Å². The Kier molecular flexibility index (Phi) is 4.99. The van der Waals surface area contributed by atoms with Gasteiger partial charge in [-0.2, -0.15) is 0 Å². The van der Waals surface area contributed by atoms with E-state index in [0.717, 1.165) is 33.5 Å². The fraction of sp³-hybridized carbons (Fsp3) is 0.125. The number of aromatic nitrogens is 1. The van der Waals surface area contributed by atoms with E-state index in [9.17, 15) is 4.79 Å². The molecule has 160 valence electrons. The molecule has 0 fully saturated rings. The van der Waals surface area contributed by atoms with Crippen LogP contribution in [0.5, 0.6) is 11.5 Å². The number of hydrogen-bond acceptors (Lipinski definition) is 6. The van der Waals surface area contributed by atoms with Crippen LogP contribution in [0.4, 0.5) is 5.69 Å². The number of fused-ring (bicyclic) bond motifs is 2. The molecule has 2 N–H and O–H groups in total. The summed E-state index contributed by atoms with van der Waals surface area (Å²) in [6.07, 6.45) is 0. The lowest BCUT2D eigenvalue weighted by Gasteiger charge is -2.10. The van der Waals surface area contributed by atoms with Crippen LogP contribution in [-0.2, 0) is 0 Å². The van der Waals surface area contributed by atoms with Crippen LogP contribution in [0.15, 0.2) is 59.0 Å². The van der Waals surface area contributed by atoms with Crippen LogP contribution >= 0.6 is 12.2 Å². The van der Waals surface area contributed by atoms with Crippen molar-refractivity contribution in [1.29, 1.82) is 0 Å². The number of carbonyl (C=O) groups is 1. The second-order valence-electron chi connectivity index (χ2n) is 7.50. The van der Waals surface area contributed by atoms with Crippen molar-refractivity contribution in [2.75, 3.05) is 12.1 Å². The topological polar surface area (TPSA) is 85.6 Å². The Bertz CT molecular complexity index is 1360. The Hall–Kier alpha value is -3.91. The molecule has 0 aliphatic carbocycles. The summed E-state index contributed by atoms with van der Waals surface area (Å²) in [6, 6.07) is 16.5. The lowest BCUT2D eigenvalue weighted by atomic mass is 10.1. The summed E-state index contributed by atoms with van der Waals surface area (Å²) >= 11 is 5.28. The van der Waals surface area contributed by atoms with Gasteiger partial charge in [-0.15, -0.1) is 0 Å². The molecule has 1 aliphatic heterocycles. The Morgan fingerprint density at radius 1 is 1.00 bits per heavy atom. The third kappa shape index (κ3) is 3.88. The molecule has 5 rings (SSSR count). The number of thiocarbonyl (C=S) groups is 1. The number of benzene rings is 3. The van der Waals surface area contributed by atoms with E-state index in [4.69, 9.17) is 26.1 Å². The van der Waals surface area contributed by atoms with Gasteiger partial charge in [0.2, 0.25) is 12.7 Å². The molecule has 0 unspecified atom stereocenters. The van der Waals surface area contributed by atoms with Crippen LogP contribution in [0.3, 0.4) is 0 Å². The lowest BCUT2D eigenvalue weighted by Crippen LogP contribution is -2.34. The Balaban J connectivity index is 1.26. The van der Waals surface area contributed by atoms with Crippen LogP contribution in [0.1, 0.15) is 21.5 Å². The summed E-state index contributed by atoms with van der Waals surface area (Å²) in [6.45, 7) is 4.20. The summed E-state index contributed by atoms with van der Waals surface area (Å²) in [7, 11) is 0. The number of amides is 1. The Morgan fingerprint density at radius 2 is 1.78 bits per heavy atom. The first-order valence-electron chi connectivity index (χ1n) is 9.96. The summed E-state index contributed by atoms with van der Waals surface area (Å²) in [5, 5.41) is 5.86.